The van der Waals surface area contributed by atoms with Crippen LogP contribution in [0.5, 0.6) is 0 Å². The minimum absolute atomic E-state index is 0.210. The van der Waals surface area contributed by atoms with Gasteiger partial charge in [-0.05, 0) is 36.8 Å². The number of rotatable bonds is 6. The molecule has 0 aliphatic heterocycles. The lowest BCUT2D eigenvalue weighted by atomic mass is 10.2. The van der Waals surface area contributed by atoms with Crippen LogP contribution >= 0.6 is 22.9 Å². The molecular weight excluding hydrogens is 430 g/mol. The number of sulfonamides is 1. The molecule has 152 valence electrons. The Hall–Kier alpha value is -2.26. The van der Waals surface area contributed by atoms with E-state index in [2.05, 4.69) is 10.3 Å². The number of amides is 1. The second-order valence-corrected chi connectivity index (χ2v) is 10.1. The average molecular weight is 450 g/mol. The van der Waals surface area contributed by atoms with E-state index in [4.69, 9.17) is 11.6 Å². The van der Waals surface area contributed by atoms with Crippen molar-refractivity contribution >= 4 is 38.9 Å². The van der Waals surface area contributed by atoms with Gasteiger partial charge in [-0.2, -0.15) is 0 Å². The SMILES string of the molecule is Cc1nc(-c2cccc(Cl)c2)sc1C(=O)NCc1ccc(S(=O)(=O)N(C)C)cc1. The van der Waals surface area contributed by atoms with Crippen molar-refractivity contribution in [1.82, 2.24) is 14.6 Å². The number of nitrogens with zero attached hydrogens (tertiary/aromatic N) is 2. The summed E-state index contributed by atoms with van der Waals surface area (Å²) in [6, 6.07) is 13.8. The quantitative estimate of drug-likeness (QED) is 0.617. The standard InChI is InChI=1S/C20H20ClN3O3S2/c1-13-18(28-20(23-13)15-5-4-6-16(21)11-15)19(25)22-12-14-7-9-17(10-8-14)29(26,27)24(2)3/h4-11H,12H2,1-3H3,(H,22,25). The lowest BCUT2D eigenvalue weighted by Crippen LogP contribution is -2.23. The van der Waals surface area contributed by atoms with Gasteiger partial charge in [-0.3, -0.25) is 4.79 Å². The number of thiazole rings is 1. The van der Waals surface area contributed by atoms with Gasteiger partial charge >= 0.3 is 0 Å². The second-order valence-electron chi connectivity index (χ2n) is 6.56. The Balaban J connectivity index is 1.70. The molecule has 0 unspecified atom stereocenters. The monoisotopic (exact) mass is 449 g/mol. The van der Waals surface area contributed by atoms with E-state index < -0.39 is 10.0 Å². The van der Waals surface area contributed by atoms with Crippen LogP contribution in [0, 0.1) is 6.92 Å². The zero-order valence-corrected chi connectivity index (χ0v) is 18.5. The Kier molecular flexibility index (Phi) is 6.38. The molecule has 1 aromatic heterocycles. The molecule has 0 aliphatic carbocycles. The minimum Gasteiger partial charge on any atom is -0.347 e. The van der Waals surface area contributed by atoms with Crippen molar-refractivity contribution in [1.29, 1.82) is 0 Å². The molecule has 6 nitrogen and oxygen atoms in total. The molecule has 3 aromatic rings. The number of nitrogens with one attached hydrogen (secondary N) is 1. The summed E-state index contributed by atoms with van der Waals surface area (Å²) in [4.78, 5) is 17.8. The van der Waals surface area contributed by atoms with Crippen LogP contribution in [0.1, 0.15) is 20.9 Å². The highest BCUT2D eigenvalue weighted by Crippen LogP contribution is 2.29. The maximum atomic E-state index is 12.6. The van der Waals surface area contributed by atoms with Gasteiger partial charge in [-0.25, -0.2) is 17.7 Å². The fraction of sp³-hybridized carbons (Fsp3) is 0.200. The van der Waals surface area contributed by atoms with Gasteiger partial charge in [0, 0.05) is 31.2 Å². The minimum atomic E-state index is -3.47. The third-order valence-corrected chi connectivity index (χ3v) is 7.50. The molecule has 9 heteroatoms. The molecule has 0 bridgehead atoms. The molecule has 1 heterocycles. The molecule has 3 rings (SSSR count). The van der Waals surface area contributed by atoms with Gasteiger partial charge < -0.3 is 5.32 Å². The normalized spacial score (nSPS) is 11.6. The van der Waals surface area contributed by atoms with Gasteiger partial charge in [0.25, 0.3) is 5.91 Å². The van der Waals surface area contributed by atoms with Crippen molar-refractivity contribution in [3.8, 4) is 10.6 Å². The van der Waals surface area contributed by atoms with Crippen LogP contribution in [0.3, 0.4) is 0 Å². The number of hydrogen-bond acceptors (Lipinski definition) is 5. The summed E-state index contributed by atoms with van der Waals surface area (Å²) in [6.07, 6.45) is 0. The summed E-state index contributed by atoms with van der Waals surface area (Å²) in [5.74, 6) is -0.224. The topological polar surface area (TPSA) is 79.4 Å². The first kappa shape index (κ1) is 21.4. The van der Waals surface area contributed by atoms with Gasteiger partial charge in [0.05, 0.1) is 10.6 Å². The molecule has 0 saturated carbocycles. The van der Waals surface area contributed by atoms with Crippen molar-refractivity contribution in [2.24, 2.45) is 0 Å². The predicted molar refractivity (Wildman–Crippen MR) is 116 cm³/mol. The first-order valence-electron chi connectivity index (χ1n) is 8.71. The number of aryl methyl sites for hydroxylation is 1. The maximum absolute atomic E-state index is 12.6. The molecule has 0 fully saturated rings. The van der Waals surface area contributed by atoms with E-state index in [1.54, 1.807) is 25.1 Å². The third kappa shape index (κ3) is 4.84. The van der Waals surface area contributed by atoms with Crippen LogP contribution in [0.4, 0.5) is 0 Å². The summed E-state index contributed by atoms with van der Waals surface area (Å²) in [6.45, 7) is 2.07. The Morgan fingerprint density at radius 2 is 1.86 bits per heavy atom. The zero-order chi connectivity index (χ0) is 21.2. The molecule has 0 spiro atoms. The number of halogens is 1. The van der Waals surface area contributed by atoms with Crippen molar-refractivity contribution in [3.05, 3.63) is 69.7 Å². The molecule has 29 heavy (non-hydrogen) atoms. The molecule has 0 saturated heterocycles. The molecule has 0 aliphatic rings. The summed E-state index contributed by atoms with van der Waals surface area (Å²) in [7, 11) is -0.501. The smallest absolute Gasteiger partial charge is 0.263 e. The highest BCUT2D eigenvalue weighted by atomic mass is 35.5. The first-order chi connectivity index (χ1) is 13.7. The molecule has 0 radical (unpaired) electrons. The average Bonchev–Trinajstić information content (AvgIpc) is 3.08. The van der Waals surface area contributed by atoms with Crippen molar-refractivity contribution < 1.29 is 13.2 Å². The third-order valence-electron chi connectivity index (χ3n) is 4.23. The highest BCUT2D eigenvalue weighted by molar-refractivity contribution is 7.89. The van der Waals surface area contributed by atoms with E-state index in [0.717, 1.165) is 20.4 Å². The van der Waals surface area contributed by atoms with Crippen LogP contribution in [-0.2, 0) is 16.6 Å². The van der Waals surface area contributed by atoms with Crippen LogP contribution in [0.15, 0.2) is 53.4 Å². The van der Waals surface area contributed by atoms with E-state index in [9.17, 15) is 13.2 Å². The molecule has 2 aromatic carbocycles. The van der Waals surface area contributed by atoms with Gasteiger partial charge in [-0.1, -0.05) is 35.9 Å². The molecular formula is C20H20ClN3O3S2. The van der Waals surface area contributed by atoms with Gasteiger partial charge in [0.2, 0.25) is 10.0 Å². The van der Waals surface area contributed by atoms with E-state index in [1.165, 1.54) is 37.6 Å². The summed E-state index contributed by atoms with van der Waals surface area (Å²) in [5.41, 5.74) is 2.31. The van der Waals surface area contributed by atoms with E-state index >= 15 is 0 Å². The summed E-state index contributed by atoms with van der Waals surface area (Å²) >= 11 is 7.34. The van der Waals surface area contributed by atoms with Gasteiger partial charge in [0.15, 0.2) is 0 Å². The Morgan fingerprint density at radius 3 is 2.48 bits per heavy atom. The van der Waals surface area contributed by atoms with Gasteiger partial charge in [-0.15, -0.1) is 11.3 Å². The molecule has 0 atom stereocenters. The van der Waals surface area contributed by atoms with Gasteiger partial charge in [0.1, 0.15) is 9.88 Å². The highest BCUT2D eigenvalue weighted by Gasteiger charge is 2.18. The number of aromatic nitrogens is 1. The Bertz CT molecular complexity index is 1140. The molecule has 1 N–H and O–H groups in total. The Labute approximate surface area is 179 Å². The van der Waals surface area contributed by atoms with Crippen LogP contribution in [-0.4, -0.2) is 37.7 Å². The van der Waals surface area contributed by atoms with Crippen LogP contribution < -0.4 is 5.32 Å². The van der Waals surface area contributed by atoms with Crippen molar-refractivity contribution in [2.75, 3.05) is 14.1 Å². The zero-order valence-electron chi connectivity index (χ0n) is 16.1. The fourth-order valence-electron chi connectivity index (χ4n) is 2.60. The van der Waals surface area contributed by atoms with E-state index in [-0.39, 0.29) is 17.3 Å². The second kappa shape index (κ2) is 8.62. The lowest BCUT2D eigenvalue weighted by molar-refractivity contribution is 0.0954. The van der Waals surface area contributed by atoms with E-state index in [1.807, 2.05) is 18.2 Å². The number of benzene rings is 2. The predicted octanol–water partition coefficient (Wildman–Crippen LogP) is 3.95. The molecule has 1 amide bonds. The Morgan fingerprint density at radius 1 is 1.17 bits per heavy atom. The maximum Gasteiger partial charge on any atom is 0.263 e. The van der Waals surface area contributed by atoms with E-state index in [0.29, 0.717) is 15.6 Å². The fourth-order valence-corrected chi connectivity index (χ4v) is 4.68. The lowest BCUT2D eigenvalue weighted by Gasteiger charge is -2.11. The summed E-state index contributed by atoms with van der Waals surface area (Å²) < 4.78 is 25.4. The number of hydrogen-bond donors (Lipinski definition) is 1. The van der Waals surface area contributed by atoms with Crippen LogP contribution in [0.2, 0.25) is 5.02 Å². The largest absolute Gasteiger partial charge is 0.347 e. The van der Waals surface area contributed by atoms with Crippen molar-refractivity contribution in [3.63, 3.8) is 0 Å². The van der Waals surface area contributed by atoms with Crippen LogP contribution in [0.25, 0.3) is 10.6 Å². The van der Waals surface area contributed by atoms with Crippen molar-refractivity contribution in [2.45, 2.75) is 18.4 Å². The number of carbonyl (C=O) groups is 1. The first-order valence-corrected chi connectivity index (χ1v) is 11.3. The number of carbonyl (C=O) groups excluding carboxylic acids is 1. The summed E-state index contributed by atoms with van der Waals surface area (Å²) in [5, 5.41) is 4.20.